The largest absolute Gasteiger partial charge is 0.330 e. The van der Waals surface area contributed by atoms with Crippen LogP contribution in [0.3, 0.4) is 0 Å². The van der Waals surface area contributed by atoms with Crippen LogP contribution in [0.5, 0.6) is 0 Å². The third kappa shape index (κ3) is 2.20. The number of fused-ring (bicyclic) bond motifs is 1. The lowest BCUT2D eigenvalue weighted by molar-refractivity contribution is 0.729. The van der Waals surface area contributed by atoms with Crippen molar-refractivity contribution in [3.63, 3.8) is 0 Å². The normalized spacial score (nSPS) is 11.0. The summed E-state index contributed by atoms with van der Waals surface area (Å²) in [6.45, 7) is 0.641. The van der Waals surface area contributed by atoms with Crippen molar-refractivity contribution in [2.24, 2.45) is 5.73 Å². The van der Waals surface area contributed by atoms with Gasteiger partial charge in [-0.1, -0.05) is 36.4 Å². The van der Waals surface area contributed by atoms with Gasteiger partial charge in [-0.05, 0) is 34.8 Å². The monoisotopic (exact) mass is 253 g/mol. The third-order valence-corrected chi connectivity index (χ3v) is 3.13. The van der Waals surface area contributed by atoms with E-state index in [9.17, 15) is 0 Å². The van der Waals surface area contributed by atoms with Crippen molar-refractivity contribution in [1.82, 2.24) is 20.2 Å². The number of aryl methyl sites for hydroxylation is 1. The molecule has 0 aliphatic heterocycles. The Kier molecular flexibility index (Phi) is 3.20. The van der Waals surface area contributed by atoms with Gasteiger partial charge in [-0.15, -0.1) is 5.10 Å². The topological polar surface area (TPSA) is 69.6 Å². The zero-order valence-corrected chi connectivity index (χ0v) is 10.5. The van der Waals surface area contributed by atoms with Crippen LogP contribution in [0, 0.1) is 0 Å². The Morgan fingerprint density at radius 1 is 1.05 bits per heavy atom. The van der Waals surface area contributed by atoms with Crippen molar-refractivity contribution in [3.8, 4) is 5.69 Å². The smallest absolute Gasteiger partial charge is 0.156 e. The van der Waals surface area contributed by atoms with Crippen LogP contribution in [0.25, 0.3) is 16.5 Å². The maximum Gasteiger partial charge on any atom is 0.156 e. The maximum atomic E-state index is 5.55. The highest BCUT2D eigenvalue weighted by Crippen LogP contribution is 2.22. The van der Waals surface area contributed by atoms with E-state index >= 15 is 0 Å². The molecule has 0 spiro atoms. The Bertz CT molecular complexity index is 684. The molecule has 19 heavy (non-hydrogen) atoms. The average Bonchev–Trinajstić information content (AvgIpc) is 2.92. The summed E-state index contributed by atoms with van der Waals surface area (Å²) in [6, 6.07) is 14.4. The van der Waals surface area contributed by atoms with E-state index in [0.717, 1.165) is 29.7 Å². The summed E-state index contributed by atoms with van der Waals surface area (Å²) in [5.41, 5.74) is 6.56. The molecule has 0 saturated carbocycles. The lowest BCUT2D eigenvalue weighted by Gasteiger charge is -2.07. The number of hydrogen-bond donors (Lipinski definition) is 1. The average molecular weight is 253 g/mol. The fourth-order valence-electron chi connectivity index (χ4n) is 2.20. The van der Waals surface area contributed by atoms with Crippen molar-refractivity contribution < 1.29 is 0 Å². The molecule has 0 unspecified atom stereocenters. The van der Waals surface area contributed by atoms with Gasteiger partial charge >= 0.3 is 0 Å². The number of aromatic nitrogens is 4. The molecule has 0 radical (unpaired) electrons. The Morgan fingerprint density at radius 3 is 2.79 bits per heavy atom. The molecule has 5 nitrogen and oxygen atoms in total. The molecular weight excluding hydrogens is 238 g/mol. The highest BCUT2D eigenvalue weighted by Gasteiger charge is 2.10. The van der Waals surface area contributed by atoms with Crippen LogP contribution in [-0.4, -0.2) is 26.8 Å². The van der Waals surface area contributed by atoms with Gasteiger partial charge in [0.05, 0.1) is 5.69 Å². The van der Waals surface area contributed by atoms with E-state index in [-0.39, 0.29) is 0 Å². The first kappa shape index (κ1) is 11.8. The molecule has 0 amide bonds. The molecule has 1 heterocycles. The van der Waals surface area contributed by atoms with E-state index in [1.807, 2.05) is 24.3 Å². The molecule has 1 aromatic heterocycles. The van der Waals surface area contributed by atoms with Crippen LogP contribution < -0.4 is 5.73 Å². The summed E-state index contributed by atoms with van der Waals surface area (Å²) >= 11 is 0. The second-order valence-electron chi connectivity index (χ2n) is 4.40. The van der Waals surface area contributed by atoms with Gasteiger partial charge in [-0.3, -0.25) is 0 Å². The molecule has 0 bridgehead atoms. The maximum absolute atomic E-state index is 5.55. The van der Waals surface area contributed by atoms with Gasteiger partial charge in [0.25, 0.3) is 0 Å². The highest BCUT2D eigenvalue weighted by molar-refractivity contribution is 5.89. The third-order valence-electron chi connectivity index (χ3n) is 3.13. The van der Waals surface area contributed by atoms with Crippen molar-refractivity contribution in [3.05, 3.63) is 48.3 Å². The van der Waals surface area contributed by atoms with Crippen LogP contribution >= 0.6 is 0 Å². The van der Waals surface area contributed by atoms with E-state index in [1.165, 1.54) is 5.39 Å². The van der Waals surface area contributed by atoms with E-state index in [1.54, 1.807) is 4.68 Å². The lowest BCUT2D eigenvalue weighted by atomic mass is 10.1. The van der Waals surface area contributed by atoms with E-state index in [4.69, 9.17) is 5.73 Å². The van der Waals surface area contributed by atoms with Gasteiger partial charge in [-0.2, -0.15) is 4.68 Å². The van der Waals surface area contributed by atoms with Crippen molar-refractivity contribution in [2.75, 3.05) is 6.54 Å². The summed E-state index contributed by atoms with van der Waals surface area (Å²) in [5, 5.41) is 14.3. The van der Waals surface area contributed by atoms with Crippen LogP contribution in [0.15, 0.2) is 42.5 Å². The molecule has 0 atom stereocenters. The van der Waals surface area contributed by atoms with Crippen LogP contribution in [0.1, 0.15) is 12.2 Å². The van der Waals surface area contributed by atoms with Gasteiger partial charge in [-0.25, -0.2) is 0 Å². The molecule has 3 rings (SSSR count). The van der Waals surface area contributed by atoms with E-state index in [2.05, 4.69) is 33.7 Å². The summed E-state index contributed by atoms with van der Waals surface area (Å²) in [6.07, 6.45) is 1.66. The Labute approximate surface area is 111 Å². The fourth-order valence-corrected chi connectivity index (χ4v) is 2.20. The minimum atomic E-state index is 0.641. The molecule has 0 aliphatic rings. The fraction of sp³-hybridized carbons (Fsp3) is 0.214. The Balaban J connectivity index is 2.12. The van der Waals surface area contributed by atoms with Gasteiger partial charge in [0, 0.05) is 11.8 Å². The number of tetrazole rings is 1. The SMILES string of the molecule is NCCCc1nnnn1-c1cccc2ccccc12. The van der Waals surface area contributed by atoms with Crippen molar-refractivity contribution in [2.45, 2.75) is 12.8 Å². The molecule has 2 N–H and O–H groups in total. The van der Waals surface area contributed by atoms with Crippen LogP contribution in [0.4, 0.5) is 0 Å². The minimum Gasteiger partial charge on any atom is -0.330 e. The predicted octanol–water partition coefficient (Wildman–Crippen LogP) is 1.71. The van der Waals surface area contributed by atoms with Gasteiger partial charge in [0.2, 0.25) is 0 Å². The number of rotatable bonds is 4. The van der Waals surface area contributed by atoms with Gasteiger partial charge in [0.1, 0.15) is 0 Å². The number of hydrogen-bond acceptors (Lipinski definition) is 4. The highest BCUT2D eigenvalue weighted by atomic mass is 15.5. The zero-order chi connectivity index (χ0) is 13.1. The first-order valence-electron chi connectivity index (χ1n) is 6.35. The molecule has 5 heteroatoms. The van der Waals surface area contributed by atoms with Crippen molar-refractivity contribution in [1.29, 1.82) is 0 Å². The van der Waals surface area contributed by atoms with Crippen LogP contribution in [-0.2, 0) is 6.42 Å². The summed E-state index contributed by atoms with van der Waals surface area (Å²) in [5.74, 6) is 0.849. The lowest BCUT2D eigenvalue weighted by Crippen LogP contribution is -2.07. The van der Waals surface area contributed by atoms with E-state index in [0.29, 0.717) is 6.54 Å². The van der Waals surface area contributed by atoms with Crippen LogP contribution in [0.2, 0.25) is 0 Å². The molecule has 0 fully saturated rings. The number of nitrogens with zero attached hydrogens (tertiary/aromatic N) is 4. The second kappa shape index (κ2) is 5.16. The summed E-state index contributed by atoms with van der Waals surface area (Å²) < 4.78 is 1.80. The molecule has 2 aromatic carbocycles. The minimum absolute atomic E-state index is 0.641. The molecule has 0 saturated heterocycles. The molecular formula is C14H15N5. The van der Waals surface area contributed by atoms with Gasteiger partial charge < -0.3 is 5.73 Å². The molecule has 3 aromatic rings. The molecule has 0 aliphatic carbocycles. The number of nitrogens with two attached hydrogens (primary N) is 1. The quantitative estimate of drug-likeness (QED) is 0.768. The second-order valence-corrected chi connectivity index (χ2v) is 4.40. The standard InChI is InChI=1S/C14H15N5/c15-10-4-9-14-16-17-18-19(14)13-8-3-6-11-5-1-2-7-12(11)13/h1-3,5-8H,4,9-10,15H2. The summed E-state index contributed by atoms with van der Waals surface area (Å²) in [7, 11) is 0. The number of benzene rings is 2. The predicted molar refractivity (Wildman–Crippen MR) is 74.0 cm³/mol. The van der Waals surface area contributed by atoms with E-state index < -0.39 is 0 Å². The van der Waals surface area contributed by atoms with Gasteiger partial charge in [0.15, 0.2) is 5.82 Å². The first-order valence-corrected chi connectivity index (χ1v) is 6.35. The first-order chi connectivity index (χ1) is 9.40. The summed E-state index contributed by atoms with van der Waals surface area (Å²) in [4.78, 5) is 0. The molecule has 96 valence electrons. The zero-order valence-electron chi connectivity index (χ0n) is 10.5. The Hall–Kier alpha value is -2.27. The Morgan fingerprint density at radius 2 is 1.89 bits per heavy atom. The van der Waals surface area contributed by atoms with Crippen molar-refractivity contribution >= 4 is 10.8 Å².